The van der Waals surface area contributed by atoms with E-state index in [9.17, 15) is 13.2 Å². The van der Waals surface area contributed by atoms with Crippen LogP contribution in [0.3, 0.4) is 0 Å². The zero-order valence-corrected chi connectivity index (χ0v) is 24.9. The van der Waals surface area contributed by atoms with Gasteiger partial charge in [0.2, 0.25) is 5.91 Å². The molecular formula is C33H42N4O3S. The molecule has 1 aromatic heterocycles. The van der Waals surface area contributed by atoms with E-state index in [2.05, 4.69) is 71.0 Å². The average Bonchev–Trinajstić information content (AvgIpc) is 3.60. The van der Waals surface area contributed by atoms with Gasteiger partial charge in [0, 0.05) is 31.2 Å². The highest BCUT2D eigenvalue weighted by Gasteiger charge is 2.46. The minimum Gasteiger partial charge on any atom is -0.342 e. The molecule has 3 aromatic rings. The third-order valence-electron chi connectivity index (χ3n) is 10.9. The Morgan fingerprint density at radius 2 is 1.61 bits per heavy atom. The lowest BCUT2D eigenvalue weighted by Crippen LogP contribution is -2.51. The molecule has 4 fully saturated rings. The van der Waals surface area contributed by atoms with Gasteiger partial charge in [-0.15, -0.1) is 0 Å². The van der Waals surface area contributed by atoms with Crippen LogP contribution in [-0.2, 0) is 20.0 Å². The molecule has 8 heteroatoms. The number of rotatable bonds is 6. The lowest BCUT2D eigenvalue weighted by Gasteiger charge is -2.46. The Morgan fingerprint density at radius 3 is 2.29 bits per heavy atom. The molecule has 0 aliphatic carbocycles. The van der Waals surface area contributed by atoms with E-state index in [0.29, 0.717) is 44.1 Å². The maximum absolute atomic E-state index is 13.2. The van der Waals surface area contributed by atoms with E-state index < -0.39 is 15.1 Å². The number of para-hydroxylation sites is 2. The minimum atomic E-state index is -3.29. The van der Waals surface area contributed by atoms with Crippen molar-refractivity contribution < 1.29 is 13.2 Å². The number of piperidine rings is 2. The summed E-state index contributed by atoms with van der Waals surface area (Å²) in [4.78, 5) is 22.7. The number of sulfone groups is 1. The first-order chi connectivity index (χ1) is 19.8. The van der Waals surface area contributed by atoms with Crippen LogP contribution >= 0.6 is 0 Å². The van der Waals surface area contributed by atoms with Gasteiger partial charge in [-0.25, -0.2) is 13.4 Å². The number of amides is 1. The number of imidazole rings is 1. The molecule has 4 aliphatic heterocycles. The Labute approximate surface area is 243 Å². The Kier molecular flexibility index (Phi) is 6.97. The highest BCUT2D eigenvalue weighted by Crippen LogP contribution is 2.45. The topological polar surface area (TPSA) is 75.5 Å². The van der Waals surface area contributed by atoms with Gasteiger partial charge in [0.1, 0.15) is 11.1 Å². The van der Waals surface area contributed by atoms with Crippen molar-refractivity contribution in [3.8, 4) is 0 Å². The van der Waals surface area contributed by atoms with Gasteiger partial charge in [0.15, 0.2) is 9.84 Å². The zero-order valence-electron chi connectivity index (χ0n) is 24.1. The second-order valence-corrected chi connectivity index (χ2v) is 15.3. The first kappa shape index (κ1) is 27.1. The van der Waals surface area contributed by atoms with E-state index in [0.717, 1.165) is 37.1 Å². The van der Waals surface area contributed by atoms with Crippen LogP contribution in [0, 0.1) is 6.92 Å². The van der Waals surface area contributed by atoms with E-state index >= 15 is 0 Å². The van der Waals surface area contributed by atoms with Gasteiger partial charge in [0.05, 0.1) is 16.8 Å². The van der Waals surface area contributed by atoms with Crippen molar-refractivity contribution in [2.45, 2.75) is 93.5 Å². The molecule has 7 nitrogen and oxygen atoms in total. The molecule has 0 spiro atoms. The molecular weight excluding hydrogens is 532 g/mol. The molecule has 0 saturated carbocycles. The Morgan fingerprint density at radius 1 is 0.927 bits per heavy atom. The van der Waals surface area contributed by atoms with Crippen LogP contribution in [-0.4, -0.2) is 76.4 Å². The molecule has 2 aromatic carbocycles. The summed E-state index contributed by atoms with van der Waals surface area (Å²) in [5, 5.41) is -0.820. The number of carbonyl (C=O) groups is 1. The molecule has 4 aliphatic rings. The average molecular weight is 575 g/mol. The van der Waals surface area contributed by atoms with Crippen LogP contribution in [0.1, 0.15) is 75.2 Å². The van der Waals surface area contributed by atoms with Gasteiger partial charge in [-0.1, -0.05) is 42.5 Å². The number of aryl methyl sites for hydroxylation is 1. The van der Waals surface area contributed by atoms with Gasteiger partial charge in [-0.05, 0) is 94.4 Å². The number of aromatic nitrogens is 2. The molecule has 5 heterocycles. The third-order valence-corrected chi connectivity index (χ3v) is 13.0. The summed E-state index contributed by atoms with van der Waals surface area (Å²) < 4.78 is 27.4. The summed E-state index contributed by atoms with van der Waals surface area (Å²) in [6, 6.07) is 21.1. The van der Waals surface area contributed by atoms with E-state index in [4.69, 9.17) is 4.98 Å². The van der Waals surface area contributed by atoms with Crippen molar-refractivity contribution in [3.63, 3.8) is 0 Å². The molecule has 0 radical (unpaired) electrons. The molecule has 0 N–H and O–H groups in total. The number of benzene rings is 2. The molecule has 1 amide bonds. The van der Waals surface area contributed by atoms with Crippen LogP contribution in [0.5, 0.6) is 0 Å². The fraction of sp³-hybridized carbons (Fsp3) is 0.576. The Hall–Kier alpha value is -2.71. The van der Waals surface area contributed by atoms with Crippen molar-refractivity contribution in [1.82, 2.24) is 19.4 Å². The van der Waals surface area contributed by atoms with Gasteiger partial charge in [-0.3, -0.25) is 9.69 Å². The molecule has 218 valence electrons. The quantitative estimate of drug-likeness (QED) is 0.412. The van der Waals surface area contributed by atoms with Crippen LogP contribution < -0.4 is 0 Å². The zero-order chi connectivity index (χ0) is 28.2. The first-order valence-electron chi connectivity index (χ1n) is 15.6. The minimum absolute atomic E-state index is 0.0139. The smallest absolute Gasteiger partial charge is 0.240 e. The number of likely N-dealkylation sites (tertiary alicyclic amines) is 1. The van der Waals surface area contributed by atoms with E-state index in [1.54, 1.807) is 0 Å². The summed E-state index contributed by atoms with van der Waals surface area (Å²) in [5.74, 6) is 1.12. The molecule has 4 saturated heterocycles. The summed E-state index contributed by atoms with van der Waals surface area (Å²) >= 11 is 0. The van der Waals surface area contributed by atoms with Crippen molar-refractivity contribution in [2.75, 3.05) is 25.4 Å². The number of nitrogens with zero attached hydrogens (tertiary/aromatic N) is 4. The molecule has 41 heavy (non-hydrogen) atoms. The van der Waals surface area contributed by atoms with E-state index in [1.807, 2.05) is 4.90 Å². The van der Waals surface area contributed by atoms with Gasteiger partial charge in [0.25, 0.3) is 0 Å². The maximum atomic E-state index is 13.2. The lowest BCUT2D eigenvalue weighted by molar-refractivity contribution is -0.132. The molecule has 3 atom stereocenters. The summed E-state index contributed by atoms with van der Waals surface area (Å²) in [7, 11) is -3.29. The Balaban J connectivity index is 1.06. The number of hydrogen-bond donors (Lipinski definition) is 0. The number of carbonyl (C=O) groups excluding carboxylic acids is 1. The highest BCUT2D eigenvalue weighted by atomic mass is 32.2. The monoisotopic (exact) mass is 574 g/mol. The predicted molar refractivity (Wildman–Crippen MR) is 162 cm³/mol. The largest absolute Gasteiger partial charge is 0.342 e. The fourth-order valence-corrected chi connectivity index (χ4v) is 10.5. The number of fused-ring (bicyclic) bond motifs is 3. The van der Waals surface area contributed by atoms with Crippen molar-refractivity contribution in [2.24, 2.45) is 0 Å². The standard InChI is InChI=1S/C33H42N4O3S/c1-24-34-29-10-5-6-11-30(29)37(24)28-22-26-13-14-27(23-28)36(26)20-17-33(25-8-3-2-4-9-25)15-18-35(19-16-33)32(38)31-12-7-21-41(31,39)40/h2-6,8-11,26-28,31H,7,12-23H2,1H3. The summed E-state index contributed by atoms with van der Waals surface area (Å²) in [6.07, 6.45) is 8.83. The maximum Gasteiger partial charge on any atom is 0.240 e. The van der Waals surface area contributed by atoms with Crippen LogP contribution in [0.25, 0.3) is 11.0 Å². The molecule has 2 bridgehead atoms. The van der Waals surface area contributed by atoms with Gasteiger partial charge >= 0.3 is 0 Å². The van der Waals surface area contributed by atoms with Crippen molar-refractivity contribution in [1.29, 1.82) is 0 Å². The molecule has 7 rings (SSSR count). The van der Waals surface area contributed by atoms with Gasteiger partial charge in [-0.2, -0.15) is 0 Å². The van der Waals surface area contributed by atoms with Crippen LogP contribution in [0.4, 0.5) is 0 Å². The predicted octanol–water partition coefficient (Wildman–Crippen LogP) is 5.04. The van der Waals surface area contributed by atoms with E-state index in [-0.39, 0.29) is 17.1 Å². The van der Waals surface area contributed by atoms with Crippen molar-refractivity contribution in [3.05, 3.63) is 66.0 Å². The second kappa shape index (κ2) is 10.5. The number of hydrogen-bond acceptors (Lipinski definition) is 5. The molecule has 3 unspecified atom stereocenters. The SMILES string of the molecule is Cc1nc2ccccc2n1C1CC2CCC(C1)N2CCC1(c2ccccc2)CCN(C(=O)C2CCCS2(=O)=O)CC1. The van der Waals surface area contributed by atoms with Crippen molar-refractivity contribution >= 4 is 26.8 Å². The Bertz CT molecular complexity index is 1510. The third kappa shape index (κ3) is 4.81. The fourth-order valence-electron chi connectivity index (χ4n) is 8.69. The van der Waals surface area contributed by atoms with Gasteiger partial charge < -0.3 is 9.47 Å². The van der Waals surface area contributed by atoms with E-state index in [1.165, 1.54) is 36.8 Å². The highest BCUT2D eigenvalue weighted by molar-refractivity contribution is 7.93. The summed E-state index contributed by atoms with van der Waals surface area (Å²) in [5.41, 5.74) is 3.74. The normalized spacial score (nSPS) is 29.2. The van der Waals surface area contributed by atoms with Crippen LogP contribution in [0.2, 0.25) is 0 Å². The first-order valence-corrected chi connectivity index (χ1v) is 17.3. The summed E-state index contributed by atoms with van der Waals surface area (Å²) in [6.45, 7) is 4.51. The van der Waals surface area contributed by atoms with Crippen LogP contribution in [0.15, 0.2) is 54.6 Å². The lowest BCUT2D eigenvalue weighted by atomic mass is 9.70. The second-order valence-electron chi connectivity index (χ2n) is 13.0.